The van der Waals surface area contributed by atoms with Crippen molar-refractivity contribution in [1.29, 1.82) is 0 Å². The van der Waals surface area contributed by atoms with Crippen molar-refractivity contribution < 1.29 is 40.7 Å². The topological polar surface area (TPSA) is 114 Å². The van der Waals surface area contributed by atoms with E-state index in [1.54, 1.807) is 0 Å². The normalized spacial score (nSPS) is 11.8. The van der Waals surface area contributed by atoms with Gasteiger partial charge in [-0.15, -0.1) is 0 Å². The summed E-state index contributed by atoms with van der Waals surface area (Å²) in [7, 11) is -0.934. The van der Waals surface area contributed by atoms with Gasteiger partial charge in [-0.1, -0.05) is 12.1 Å². The fourth-order valence-electron chi connectivity index (χ4n) is 3.58. The first-order chi connectivity index (χ1) is 19.0. The Hall–Kier alpha value is -3.78. The Morgan fingerprint density at radius 1 is 0.775 bits per heavy atom. The van der Waals surface area contributed by atoms with Gasteiger partial charge in [0, 0.05) is 49.8 Å². The Balaban J connectivity index is 1.70. The second-order valence-corrected chi connectivity index (χ2v) is 10.4. The average Bonchev–Trinajstić information content (AvgIpc) is 2.93. The number of nitrogens with zero attached hydrogens (tertiary/aromatic N) is 1. The van der Waals surface area contributed by atoms with Crippen molar-refractivity contribution >= 4 is 33.2 Å². The summed E-state index contributed by atoms with van der Waals surface area (Å²) in [6.45, 7) is 0.644. The number of hydrogen-bond donors (Lipinski definition) is 2. The third-order valence-corrected chi connectivity index (χ3v) is 7.59. The van der Waals surface area contributed by atoms with Gasteiger partial charge in [-0.25, -0.2) is 8.42 Å². The Bertz CT molecular complexity index is 1420. The van der Waals surface area contributed by atoms with Crippen molar-refractivity contribution in [1.82, 2.24) is 4.31 Å². The quantitative estimate of drug-likeness (QED) is 0.327. The van der Waals surface area contributed by atoms with Crippen molar-refractivity contribution in [3.05, 3.63) is 89.5 Å². The zero-order valence-corrected chi connectivity index (χ0v) is 22.5. The van der Waals surface area contributed by atoms with Crippen molar-refractivity contribution in [2.45, 2.75) is 11.1 Å². The van der Waals surface area contributed by atoms with E-state index >= 15 is 0 Å². The van der Waals surface area contributed by atoms with Crippen LogP contribution < -0.4 is 10.6 Å². The molecular formula is C27H28F3N3O6S. The predicted octanol–water partition coefficient (Wildman–Crippen LogP) is 4.49. The van der Waals surface area contributed by atoms with Gasteiger partial charge in [0.2, 0.25) is 10.0 Å². The molecule has 0 radical (unpaired) electrons. The molecule has 13 heteroatoms. The summed E-state index contributed by atoms with van der Waals surface area (Å²) in [5.74, 6) is -1.23. The lowest BCUT2D eigenvalue weighted by molar-refractivity contribution is -0.137. The maximum Gasteiger partial charge on any atom is 0.416 e. The molecule has 2 N–H and O–H groups in total. The Labute approximate surface area is 229 Å². The van der Waals surface area contributed by atoms with Crippen molar-refractivity contribution in [3.63, 3.8) is 0 Å². The van der Waals surface area contributed by atoms with E-state index in [4.69, 9.17) is 9.47 Å². The van der Waals surface area contributed by atoms with Crippen molar-refractivity contribution in [2.24, 2.45) is 0 Å². The van der Waals surface area contributed by atoms with Crippen molar-refractivity contribution in [2.75, 3.05) is 51.2 Å². The van der Waals surface area contributed by atoms with Gasteiger partial charge in [0.25, 0.3) is 11.8 Å². The highest BCUT2D eigenvalue weighted by Gasteiger charge is 2.30. The minimum absolute atomic E-state index is 0.00971. The average molecular weight is 580 g/mol. The fraction of sp³-hybridized carbons (Fsp3) is 0.259. The molecule has 0 fully saturated rings. The number of ether oxygens (including phenoxy) is 2. The van der Waals surface area contributed by atoms with Crippen LogP contribution in [0.3, 0.4) is 0 Å². The van der Waals surface area contributed by atoms with Gasteiger partial charge in [-0.2, -0.15) is 17.5 Å². The molecule has 0 saturated carbocycles. The standard InChI is InChI=1S/C27H28F3N3O6S/c1-38-15-13-33(14-16-39-2)40(36,37)24-11-9-19(10-12-24)25(34)31-22-7-3-5-20(17-22)26(35)32-23-8-4-6-21(18-23)27(28,29)30/h3-12,17-18H,13-16H2,1-2H3,(H,31,34)(H,32,35). The molecule has 9 nitrogen and oxygen atoms in total. The number of amides is 2. The Kier molecular flexibility index (Phi) is 10.4. The number of sulfonamides is 1. The summed E-state index contributed by atoms with van der Waals surface area (Å²) in [6, 6.07) is 15.4. The zero-order chi connectivity index (χ0) is 29.3. The van der Waals surface area contributed by atoms with E-state index in [0.29, 0.717) is 0 Å². The SMILES string of the molecule is COCCN(CCOC)S(=O)(=O)c1ccc(C(=O)Nc2cccc(C(=O)Nc3cccc(C(F)(F)F)c3)c2)cc1. The molecule has 0 saturated heterocycles. The number of benzene rings is 3. The Morgan fingerprint density at radius 2 is 1.30 bits per heavy atom. The second kappa shape index (κ2) is 13.5. The van der Waals surface area contributed by atoms with Gasteiger partial charge in [0.1, 0.15) is 0 Å². The van der Waals surface area contributed by atoms with Gasteiger partial charge in [-0.3, -0.25) is 9.59 Å². The molecular weight excluding hydrogens is 551 g/mol. The van der Waals surface area contributed by atoms with Crippen LogP contribution in [-0.4, -0.2) is 65.1 Å². The van der Waals surface area contributed by atoms with E-state index in [9.17, 15) is 31.2 Å². The van der Waals surface area contributed by atoms with Gasteiger partial charge >= 0.3 is 6.18 Å². The van der Waals surface area contributed by atoms with Crippen LogP contribution in [0.15, 0.2) is 77.7 Å². The molecule has 0 aliphatic carbocycles. The van der Waals surface area contributed by atoms with Crippen LogP contribution in [0.4, 0.5) is 24.5 Å². The van der Waals surface area contributed by atoms with Crippen LogP contribution in [0.2, 0.25) is 0 Å². The minimum Gasteiger partial charge on any atom is -0.383 e. The van der Waals surface area contributed by atoms with E-state index < -0.39 is 33.6 Å². The molecule has 0 aromatic heterocycles. The first-order valence-electron chi connectivity index (χ1n) is 11.9. The summed E-state index contributed by atoms with van der Waals surface area (Å²) >= 11 is 0. The highest BCUT2D eigenvalue weighted by atomic mass is 32.2. The van der Waals surface area contributed by atoms with Crippen LogP contribution >= 0.6 is 0 Å². The Morgan fingerprint density at radius 3 is 1.85 bits per heavy atom. The van der Waals surface area contributed by atoms with Crippen LogP contribution in [0, 0.1) is 0 Å². The summed E-state index contributed by atoms with van der Waals surface area (Å²) in [5, 5.41) is 5.03. The lowest BCUT2D eigenvalue weighted by Crippen LogP contribution is -2.36. The third-order valence-electron chi connectivity index (χ3n) is 5.67. The number of anilines is 2. The highest BCUT2D eigenvalue weighted by molar-refractivity contribution is 7.89. The number of carbonyl (C=O) groups is 2. The predicted molar refractivity (Wildman–Crippen MR) is 143 cm³/mol. The summed E-state index contributed by atoms with van der Waals surface area (Å²) in [5.41, 5.74) is -0.416. The number of halogens is 3. The summed E-state index contributed by atoms with van der Waals surface area (Å²) < 4.78 is 76.2. The highest BCUT2D eigenvalue weighted by Crippen LogP contribution is 2.30. The molecule has 0 aliphatic heterocycles. The molecule has 3 aromatic rings. The monoisotopic (exact) mass is 579 g/mol. The largest absolute Gasteiger partial charge is 0.416 e. The van der Waals surface area contributed by atoms with Gasteiger partial charge in [-0.05, 0) is 60.7 Å². The lowest BCUT2D eigenvalue weighted by Gasteiger charge is -2.21. The molecule has 0 bridgehead atoms. The molecule has 0 heterocycles. The van der Waals surface area contributed by atoms with E-state index in [1.807, 2.05) is 0 Å². The van der Waals surface area contributed by atoms with Crippen molar-refractivity contribution in [3.8, 4) is 0 Å². The molecule has 0 atom stereocenters. The number of hydrogen-bond acceptors (Lipinski definition) is 6. The van der Waals surface area contributed by atoms with E-state index in [0.717, 1.165) is 12.1 Å². The van der Waals surface area contributed by atoms with Crippen LogP contribution in [-0.2, 0) is 25.7 Å². The second-order valence-electron chi connectivity index (χ2n) is 8.48. The number of carbonyl (C=O) groups excluding carboxylic acids is 2. The lowest BCUT2D eigenvalue weighted by atomic mass is 10.1. The molecule has 3 rings (SSSR count). The maximum absolute atomic E-state index is 13.0. The molecule has 3 aromatic carbocycles. The summed E-state index contributed by atoms with van der Waals surface area (Å²) in [4.78, 5) is 25.4. The number of nitrogens with one attached hydrogen (secondary N) is 2. The molecule has 0 spiro atoms. The molecule has 40 heavy (non-hydrogen) atoms. The van der Waals surface area contributed by atoms with E-state index in [2.05, 4.69) is 10.6 Å². The first kappa shape index (κ1) is 30.8. The fourth-order valence-corrected chi connectivity index (χ4v) is 4.99. The van der Waals surface area contributed by atoms with Gasteiger partial charge in [0.15, 0.2) is 0 Å². The van der Waals surface area contributed by atoms with E-state index in [1.165, 1.54) is 79.2 Å². The molecule has 2 amide bonds. The van der Waals surface area contributed by atoms with Gasteiger partial charge < -0.3 is 20.1 Å². The molecule has 0 unspecified atom stereocenters. The molecule has 214 valence electrons. The number of methoxy groups -OCH3 is 2. The molecule has 0 aliphatic rings. The smallest absolute Gasteiger partial charge is 0.383 e. The number of alkyl halides is 3. The summed E-state index contributed by atoms with van der Waals surface area (Å²) in [6.07, 6.45) is -4.55. The number of rotatable bonds is 12. The van der Waals surface area contributed by atoms with Crippen LogP contribution in [0.1, 0.15) is 26.3 Å². The minimum atomic E-state index is -4.55. The van der Waals surface area contributed by atoms with Crippen LogP contribution in [0.25, 0.3) is 0 Å². The zero-order valence-electron chi connectivity index (χ0n) is 21.7. The van der Waals surface area contributed by atoms with Crippen LogP contribution in [0.5, 0.6) is 0 Å². The third kappa shape index (κ3) is 8.11. The van der Waals surface area contributed by atoms with E-state index in [-0.39, 0.29) is 53.7 Å². The maximum atomic E-state index is 13.0. The first-order valence-corrected chi connectivity index (χ1v) is 13.4. The van der Waals surface area contributed by atoms with Gasteiger partial charge in [0.05, 0.1) is 23.7 Å².